The molecule has 4 fully saturated rings. The van der Waals surface area contributed by atoms with E-state index in [-0.39, 0.29) is 22.8 Å². The fraction of sp³-hybridized carbons (Fsp3) is 0.500. The van der Waals surface area contributed by atoms with Crippen molar-refractivity contribution in [3.8, 4) is 40.1 Å². The third kappa shape index (κ3) is 11.8. The lowest BCUT2D eigenvalue weighted by Crippen LogP contribution is -2.67. The molecule has 20 atom stereocenters. The first-order valence-corrected chi connectivity index (χ1v) is 23.4. The summed E-state index contributed by atoms with van der Waals surface area (Å²) < 4.78 is 57.6. The second-order valence-corrected chi connectivity index (χ2v) is 18.1. The van der Waals surface area contributed by atoms with Gasteiger partial charge in [0.2, 0.25) is 23.8 Å². The van der Waals surface area contributed by atoms with Crippen LogP contribution in [0.1, 0.15) is 5.56 Å². The Bertz CT molecular complexity index is 2680. The highest BCUT2D eigenvalue weighted by molar-refractivity contribution is 5.88. The number of aliphatic hydroxyl groups is 13. The Morgan fingerprint density at radius 2 is 1.03 bits per heavy atom. The van der Waals surface area contributed by atoms with Crippen molar-refractivity contribution in [3.63, 3.8) is 0 Å². The van der Waals surface area contributed by atoms with Crippen LogP contribution in [0.4, 0.5) is 0 Å². The Hall–Kier alpha value is -5.68. The number of hydrogen-bond donors (Lipinski definition) is 16. The zero-order valence-electron chi connectivity index (χ0n) is 39.4. The van der Waals surface area contributed by atoms with Gasteiger partial charge in [-0.1, -0.05) is 12.1 Å². The average Bonchev–Trinajstić information content (AvgIpc) is 3.41. The third-order valence-electron chi connectivity index (χ3n) is 13.0. The number of phenolic OH excluding ortho intramolecular Hbond substituents is 3. The minimum atomic E-state index is -2.20. The highest BCUT2D eigenvalue weighted by Gasteiger charge is 2.55. The standard InChI is InChI=1S/C48H56O28/c49-13-24-30(56)35(61)39(65)45(70-24)68-21-11-22(54)29-23(12-21)69-41(18-4-8-20(53)9-5-18)42(34(29)60)74-47-44(38(64)32(58)25(14-50)71-47)76-48-43(37(63)31(57)26(15-51)72-48)75-46-40(66)36(62)33(59)27(73-46)16-67-28(55)10-3-17-1-6-19(52)7-2-17/h1-12,24-27,30-33,35-40,43-54,56-59,61-66H,13-16H2/b10-3+/t24-,25-,26-,27-,30-,31-,32-,33-,35+,36+,37+,38+,39-,40-,43-,44-,45-,46+,47+,48+/m1/s1. The highest BCUT2D eigenvalue weighted by Crippen LogP contribution is 2.40. The fourth-order valence-corrected chi connectivity index (χ4v) is 8.70. The smallest absolute Gasteiger partial charge is 0.330 e. The van der Waals surface area contributed by atoms with E-state index in [1.807, 2.05) is 0 Å². The van der Waals surface area contributed by atoms with Gasteiger partial charge < -0.3 is 129 Å². The van der Waals surface area contributed by atoms with Crippen molar-refractivity contribution < 1.29 is 134 Å². The van der Waals surface area contributed by atoms with E-state index < -0.39 is 189 Å². The van der Waals surface area contributed by atoms with Crippen LogP contribution in [0, 0.1) is 0 Å². The molecule has 4 aliphatic rings. The zero-order chi connectivity index (χ0) is 54.9. The van der Waals surface area contributed by atoms with E-state index in [9.17, 15) is 91.3 Å². The molecule has 3 aromatic carbocycles. The van der Waals surface area contributed by atoms with E-state index in [2.05, 4.69) is 0 Å². The monoisotopic (exact) mass is 1080 g/mol. The molecule has 0 radical (unpaired) electrons. The summed E-state index contributed by atoms with van der Waals surface area (Å²) in [6, 6.07) is 12.5. The second-order valence-electron chi connectivity index (χ2n) is 18.1. The van der Waals surface area contributed by atoms with Gasteiger partial charge in [-0.05, 0) is 48.0 Å². The highest BCUT2D eigenvalue weighted by atomic mass is 16.8. The summed E-state index contributed by atoms with van der Waals surface area (Å²) in [7, 11) is 0. The molecule has 16 N–H and O–H groups in total. The van der Waals surface area contributed by atoms with Crippen molar-refractivity contribution >= 4 is 23.0 Å². The van der Waals surface area contributed by atoms with Crippen LogP contribution in [-0.4, -0.2) is 237 Å². The molecule has 0 spiro atoms. The van der Waals surface area contributed by atoms with E-state index in [4.69, 9.17) is 47.0 Å². The van der Waals surface area contributed by atoms with Crippen LogP contribution in [0.2, 0.25) is 0 Å². The summed E-state index contributed by atoms with van der Waals surface area (Å²) in [6.07, 6.45) is -36.5. The SMILES string of the molecule is O=C(/C=C/c1ccc(O)cc1)OC[C@H]1O[C@@H](O[C@H]2[C@H](O[C@H]3[C@H](Oc4c(-c5ccc(O)cc5)oc5cc(O[C@@H]6O[C@H](CO)[C@@H](O)[C@H](O)[C@H]6O)cc(O)c5c4=O)O[C@H](CO)[C@@H](O)[C@@H]3O)O[C@H](CO)[C@@H](O)[C@@H]2O)[C@H](O)[C@@H](O)[C@@H]1O. The van der Waals surface area contributed by atoms with Crippen molar-refractivity contribution in [2.45, 2.75) is 123 Å². The Labute approximate surface area is 427 Å². The minimum absolute atomic E-state index is 0.0111. The Morgan fingerprint density at radius 1 is 0.539 bits per heavy atom. The first kappa shape index (κ1) is 56.5. The van der Waals surface area contributed by atoms with Crippen molar-refractivity contribution in [3.05, 3.63) is 82.5 Å². The Kier molecular flexibility index (Phi) is 17.8. The quantitative estimate of drug-likeness (QED) is 0.0368. The summed E-state index contributed by atoms with van der Waals surface area (Å²) in [5, 5.41) is 169. The summed E-state index contributed by atoms with van der Waals surface area (Å²) >= 11 is 0. The van der Waals surface area contributed by atoms with Crippen LogP contribution < -0.4 is 14.9 Å². The van der Waals surface area contributed by atoms with Gasteiger partial charge >= 0.3 is 5.97 Å². The molecule has 0 saturated carbocycles. The molecule has 28 nitrogen and oxygen atoms in total. The van der Waals surface area contributed by atoms with Gasteiger partial charge in [-0.3, -0.25) is 4.79 Å². The lowest BCUT2D eigenvalue weighted by molar-refractivity contribution is -0.389. The first-order chi connectivity index (χ1) is 36.2. The van der Waals surface area contributed by atoms with E-state index in [1.165, 1.54) is 54.6 Å². The molecule has 28 heteroatoms. The van der Waals surface area contributed by atoms with Gasteiger partial charge in [0.15, 0.2) is 24.4 Å². The largest absolute Gasteiger partial charge is 0.508 e. The number of carbonyl (C=O) groups excluding carboxylic acids is 1. The molecule has 416 valence electrons. The summed E-state index contributed by atoms with van der Waals surface area (Å²) in [5.74, 6) is -3.76. The van der Waals surface area contributed by atoms with Crippen LogP contribution in [0.15, 0.2) is 76.0 Å². The predicted octanol–water partition coefficient (Wildman–Crippen LogP) is -5.15. The molecule has 0 unspecified atom stereocenters. The molecule has 4 aliphatic heterocycles. The number of hydrogen-bond acceptors (Lipinski definition) is 28. The van der Waals surface area contributed by atoms with Crippen molar-refractivity contribution in [1.82, 2.24) is 0 Å². The number of rotatable bonds is 16. The number of carbonyl (C=O) groups is 1. The topological polar surface area (TPSA) is 454 Å². The number of benzene rings is 3. The lowest BCUT2D eigenvalue weighted by atomic mass is 9.96. The van der Waals surface area contributed by atoms with Crippen molar-refractivity contribution in [2.75, 3.05) is 26.4 Å². The maximum absolute atomic E-state index is 14.6. The Morgan fingerprint density at radius 3 is 1.62 bits per heavy atom. The number of fused-ring (bicyclic) bond motifs is 1. The van der Waals surface area contributed by atoms with E-state index in [0.29, 0.717) is 5.56 Å². The molecular formula is C48H56O28. The number of esters is 1. The van der Waals surface area contributed by atoms with Crippen LogP contribution in [0.3, 0.4) is 0 Å². The average molecular weight is 1080 g/mol. The summed E-state index contributed by atoms with van der Waals surface area (Å²) in [6.45, 7) is -3.56. The molecule has 0 bridgehead atoms. The second kappa shape index (κ2) is 23.9. The molecule has 4 saturated heterocycles. The van der Waals surface area contributed by atoms with Gasteiger partial charge in [0.05, 0.1) is 19.8 Å². The molecule has 5 heterocycles. The van der Waals surface area contributed by atoms with E-state index in [0.717, 1.165) is 18.2 Å². The summed E-state index contributed by atoms with van der Waals surface area (Å²) in [5.41, 5.74) is -1.13. The van der Waals surface area contributed by atoms with E-state index in [1.54, 1.807) is 0 Å². The van der Waals surface area contributed by atoms with Gasteiger partial charge in [-0.15, -0.1) is 0 Å². The van der Waals surface area contributed by atoms with Crippen LogP contribution in [0.25, 0.3) is 28.4 Å². The molecule has 8 rings (SSSR count). The lowest BCUT2D eigenvalue weighted by Gasteiger charge is -2.48. The number of aliphatic hydroxyl groups excluding tert-OH is 13. The molecule has 1 aromatic heterocycles. The molecule has 0 aliphatic carbocycles. The number of ether oxygens (including phenoxy) is 9. The molecule has 0 amide bonds. The zero-order valence-corrected chi connectivity index (χ0v) is 39.4. The normalized spacial score (nSPS) is 36.0. The number of aromatic hydroxyl groups is 3. The maximum Gasteiger partial charge on any atom is 0.330 e. The first-order valence-electron chi connectivity index (χ1n) is 23.4. The fourth-order valence-electron chi connectivity index (χ4n) is 8.70. The van der Waals surface area contributed by atoms with E-state index >= 15 is 0 Å². The van der Waals surface area contributed by atoms with Gasteiger partial charge in [0.25, 0.3) is 0 Å². The summed E-state index contributed by atoms with van der Waals surface area (Å²) in [4.78, 5) is 27.2. The van der Waals surface area contributed by atoms with Gasteiger partial charge in [-0.2, -0.15) is 0 Å². The molecule has 76 heavy (non-hydrogen) atoms. The van der Waals surface area contributed by atoms with Gasteiger partial charge in [-0.25, -0.2) is 4.79 Å². The molecule has 4 aromatic rings. The minimum Gasteiger partial charge on any atom is -0.508 e. The van der Waals surface area contributed by atoms with Crippen LogP contribution >= 0.6 is 0 Å². The van der Waals surface area contributed by atoms with Crippen molar-refractivity contribution in [1.29, 1.82) is 0 Å². The van der Waals surface area contributed by atoms with Crippen LogP contribution in [0.5, 0.6) is 28.7 Å². The van der Waals surface area contributed by atoms with Crippen LogP contribution in [-0.2, 0) is 38.0 Å². The third-order valence-corrected chi connectivity index (χ3v) is 13.0. The van der Waals surface area contributed by atoms with Crippen molar-refractivity contribution in [2.24, 2.45) is 0 Å². The maximum atomic E-state index is 14.6. The van der Waals surface area contributed by atoms with Gasteiger partial charge in [0.1, 0.15) is 132 Å². The predicted molar refractivity (Wildman–Crippen MR) is 246 cm³/mol. The Balaban J connectivity index is 1.09. The number of phenols is 3. The molecular weight excluding hydrogens is 1020 g/mol. The van der Waals surface area contributed by atoms with Gasteiger partial charge in [0, 0.05) is 23.8 Å².